The van der Waals surface area contributed by atoms with Crippen LogP contribution in [0, 0.1) is 0 Å². The second kappa shape index (κ2) is 6.75. The van der Waals surface area contributed by atoms with Crippen molar-refractivity contribution in [1.29, 1.82) is 0 Å². The zero-order chi connectivity index (χ0) is 13.7. The molecule has 2 saturated heterocycles. The lowest BCUT2D eigenvalue weighted by Gasteiger charge is -2.32. The normalized spacial score (nSPS) is 21.5. The summed E-state index contributed by atoms with van der Waals surface area (Å²) in [5.41, 5.74) is 5.24. The zero-order valence-electron chi connectivity index (χ0n) is 11.4. The zero-order valence-corrected chi connectivity index (χ0v) is 11.4. The van der Waals surface area contributed by atoms with E-state index >= 15 is 0 Å². The first-order valence-corrected chi connectivity index (χ1v) is 7.22. The minimum absolute atomic E-state index is 0.206. The molecule has 0 atom stereocenters. The Morgan fingerprint density at radius 3 is 2.21 bits per heavy atom. The van der Waals surface area contributed by atoms with Gasteiger partial charge in [-0.15, -0.1) is 0 Å². The first-order chi connectivity index (χ1) is 9.16. The molecule has 0 saturated carbocycles. The van der Waals surface area contributed by atoms with Crippen LogP contribution in [0.15, 0.2) is 0 Å². The molecule has 2 fully saturated rings. The van der Waals surface area contributed by atoms with Crippen LogP contribution in [0.3, 0.4) is 0 Å². The molecule has 0 spiro atoms. The van der Waals surface area contributed by atoms with Gasteiger partial charge in [0.1, 0.15) is 0 Å². The number of piperidine rings is 2. The Morgan fingerprint density at radius 1 is 1.00 bits per heavy atom. The third-order valence-electron chi connectivity index (χ3n) is 4.06. The van der Waals surface area contributed by atoms with E-state index < -0.39 is 0 Å². The van der Waals surface area contributed by atoms with Crippen LogP contribution in [-0.4, -0.2) is 60.5 Å². The van der Waals surface area contributed by atoms with E-state index in [0.717, 1.165) is 38.8 Å². The Balaban J connectivity index is 1.66. The van der Waals surface area contributed by atoms with Crippen molar-refractivity contribution in [2.24, 2.45) is 5.73 Å². The number of urea groups is 1. The molecule has 0 aromatic carbocycles. The molecular weight excluding hydrogens is 244 g/mol. The average Bonchev–Trinajstić information content (AvgIpc) is 2.46. The second-order valence-corrected chi connectivity index (χ2v) is 5.42. The molecule has 6 nitrogen and oxygen atoms in total. The van der Waals surface area contributed by atoms with Crippen molar-refractivity contribution >= 4 is 11.9 Å². The number of hydrogen-bond acceptors (Lipinski definition) is 3. The lowest BCUT2D eigenvalue weighted by atomic mass is 10.1. The Hall–Kier alpha value is -1.30. The molecule has 3 N–H and O–H groups in total. The molecule has 2 heterocycles. The molecule has 0 bridgehead atoms. The van der Waals surface area contributed by atoms with Gasteiger partial charge in [0.05, 0.1) is 6.54 Å². The van der Waals surface area contributed by atoms with Gasteiger partial charge in [-0.05, 0) is 32.1 Å². The molecule has 3 amide bonds. The number of primary amides is 1. The van der Waals surface area contributed by atoms with Gasteiger partial charge in [0, 0.05) is 32.2 Å². The van der Waals surface area contributed by atoms with Crippen LogP contribution in [0.25, 0.3) is 0 Å². The molecule has 19 heavy (non-hydrogen) atoms. The van der Waals surface area contributed by atoms with Crippen LogP contribution in [0.5, 0.6) is 0 Å². The van der Waals surface area contributed by atoms with E-state index in [-0.39, 0.29) is 11.9 Å². The van der Waals surface area contributed by atoms with Crippen molar-refractivity contribution in [2.75, 3.05) is 32.7 Å². The number of rotatable bonds is 3. The van der Waals surface area contributed by atoms with Gasteiger partial charge in [0.2, 0.25) is 5.91 Å². The predicted molar refractivity (Wildman–Crippen MR) is 72.6 cm³/mol. The fourth-order valence-corrected chi connectivity index (χ4v) is 2.79. The van der Waals surface area contributed by atoms with Gasteiger partial charge in [-0.3, -0.25) is 4.79 Å². The van der Waals surface area contributed by atoms with Gasteiger partial charge >= 0.3 is 6.03 Å². The Kier molecular flexibility index (Phi) is 5.01. The summed E-state index contributed by atoms with van der Waals surface area (Å²) in [7, 11) is 0. The molecule has 108 valence electrons. The third-order valence-corrected chi connectivity index (χ3v) is 4.06. The van der Waals surface area contributed by atoms with Crippen LogP contribution in [0.2, 0.25) is 0 Å². The van der Waals surface area contributed by atoms with E-state index in [9.17, 15) is 9.59 Å². The smallest absolute Gasteiger partial charge is 0.314 e. The highest BCUT2D eigenvalue weighted by molar-refractivity contribution is 5.78. The second-order valence-electron chi connectivity index (χ2n) is 5.42. The largest absolute Gasteiger partial charge is 0.351 e. The van der Waals surface area contributed by atoms with Crippen molar-refractivity contribution in [1.82, 2.24) is 15.1 Å². The molecule has 0 aromatic heterocycles. The van der Waals surface area contributed by atoms with Gasteiger partial charge in [-0.2, -0.15) is 0 Å². The number of nitrogens with two attached hydrogens (primary N) is 1. The average molecular weight is 268 g/mol. The van der Waals surface area contributed by atoms with E-state index in [0.29, 0.717) is 25.7 Å². The van der Waals surface area contributed by atoms with Crippen molar-refractivity contribution in [3.8, 4) is 0 Å². The highest BCUT2D eigenvalue weighted by Gasteiger charge is 2.22. The third kappa shape index (κ3) is 4.09. The molecule has 2 aliphatic heterocycles. The molecule has 2 rings (SSSR count). The number of likely N-dealkylation sites (tertiary alicyclic amines) is 2. The van der Waals surface area contributed by atoms with E-state index in [1.807, 2.05) is 4.90 Å². The minimum Gasteiger partial charge on any atom is -0.351 e. The van der Waals surface area contributed by atoms with Crippen LogP contribution < -0.4 is 11.1 Å². The summed E-state index contributed by atoms with van der Waals surface area (Å²) in [5.74, 6) is 0.206. The summed E-state index contributed by atoms with van der Waals surface area (Å²) < 4.78 is 0. The molecular formula is C13H24N4O2. The van der Waals surface area contributed by atoms with Gasteiger partial charge in [-0.25, -0.2) is 4.79 Å². The minimum atomic E-state index is -0.345. The molecule has 6 heteroatoms. The van der Waals surface area contributed by atoms with Crippen LogP contribution in [0.4, 0.5) is 4.79 Å². The standard InChI is InChI=1S/C13H24N4O2/c14-13(19)17-8-4-11(5-9-17)15-10-12(18)16-6-2-1-3-7-16/h11,15H,1-10H2,(H2,14,19). The fourth-order valence-electron chi connectivity index (χ4n) is 2.79. The van der Waals surface area contributed by atoms with Crippen LogP contribution in [-0.2, 0) is 4.79 Å². The van der Waals surface area contributed by atoms with E-state index in [1.165, 1.54) is 6.42 Å². The highest BCUT2D eigenvalue weighted by atomic mass is 16.2. The Labute approximate surface area is 114 Å². The topological polar surface area (TPSA) is 78.7 Å². The number of carbonyl (C=O) groups excluding carboxylic acids is 2. The Morgan fingerprint density at radius 2 is 1.63 bits per heavy atom. The van der Waals surface area contributed by atoms with Crippen LogP contribution in [0.1, 0.15) is 32.1 Å². The highest BCUT2D eigenvalue weighted by Crippen LogP contribution is 2.11. The van der Waals surface area contributed by atoms with Gasteiger partial charge < -0.3 is 20.9 Å². The molecule has 0 aromatic rings. The molecule has 0 radical (unpaired) electrons. The summed E-state index contributed by atoms with van der Waals surface area (Å²) in [5, 5.41) is 3.31. The number of nitrogens with zero attached hydrogens (tertiary/aromatic N) is 2. The van der Waals surface area contributed by atoms with Crippen molar-refractivity contribution < 1.29 is 9.59 Å². The first-order valence-electron chi connectivity index (χ1n) is 7.22. The lowest BCUT2D eigenvalue weighted by molar-refractivity contribution is -0.131. The summed E-state index contributed by atoms with van der Waals surface area (Å²) in [6.45, 7) is 3.60. The SMILES string of the molecule is NC(=O)N1CCC(NCC(=O)N2CCCCC2)CC1. The van der Waals surface area contributed by atoms with Gasteiger partial charge in [-0.1, -0.05) is 0 Å². The summed E-state index contributed by atoms with van der Waals surface area (Å²) in [6.07, 6.45) is 5.24. The van der Waals surface area contributed by atoms with Crippen molar-refractivity contribution in [3.63, 3.8) is 0 Å². The molecule has 0 unspecified atom stereocenters. The maximum Gasteiger partial charge on any atom is 0.314 e. The van der Waals surface area contributed by atoms with Gasteiger partial charge in [0.25, 0.3) is 0 Å². The number of hydrogen-bond donors (Lipinski definition) is 2. The van der Waals surface area contributed by atoms with Crippen molar-refractivity contribution in [2.45, 2.75) is 38.1 Å². The van der Waals surface area contributed by atoms with E-state index in [4.69, 9.17) is 5.73 Å². The maximum absolute atomic E-state index is 12.0. The monoisotopic (exact) mass is 268 g/mol. The van der Waals surface area contributed by atoms with Gasteiger partial charge in [0.15, 0.2) is 0 Å². The molecule has 2 aliphatic rings. The number of nitrogens with one attached hydrogen (secondary N) is 1. The lowest BCUT2D eigenvalue weighted by Crippen LogP contribution is -2.49. The summed E-state index contributed by atoms with van der Waals surface area (Å²) in [6, 6.07) is -0.0211. The quantitative estimate of drug-likeness (QED) is 0.764. The summed E-state index contributed by atoms with van der Waals surface area (Å²) >= 11 is 0. The maximum atomic E-state index is 12.0. The molecule has 0 aliphatic carbocycles. The van der Waals surface area contributed by atoms with E-state index in [2.05, 4.69) is 5.32 Å². The fraction of sp³-hybridized carbons (Fsp3) is 0.846. The van der Waals surface area contributed by atoms with Crippen molar-refractivity contribution in [3.05, 3.63) is 0 Å². The van der Waals surface area contributed by atoms with E-state index in [1.54, 1.807) is 4.90 Å². The predicted octanol–water partition coefficient (Wildman–Crippen LogP) is 0.132. The number of amides is 3. The van der Waals surface area contributed by atoms with Crippen LogP contribution >= 0.6 is 0 Å². The Bertz CT molecular complexity index is 321. The first kappa shape index (κ1) is 14.1. The summed E-state index contributed by atoms with van der Waals surface area (Å²) in [4.78, 5) is 26.6. The number of carbonyl (C=O) groups is 2.